The molecule has 1 atom stereocenters. The molecule has 1 unspecified atom stereocenters. The lowest BCUT2D eigenvalue weighted by Gasteiger charge is -2.12. The molecule has 1 aromatic rings. The lowest BCUT2D eigenvalue weighted by Crippen LogP contribution is -2.31. The van der Waals surface area contributed by atoms with E-state index in [0.717, 1.165) is 25.1 Å². The van der Waals surface area contributed by atoms with Crippen LogP contribution in [-0.2, 0) is 23.1 Å². The fourth-order valence-electron chi connectivity index (χ4n) is 1.69. The lowest BCUT2D eigenvalue weighted by molar-refractivity contribution is 0.00381. The molecule has 0 radical (unpaired) electrons. The zero-order chi connectivity index (χ0) is 14.6. The molecule has 0 bridgehead atoms. The van der Waals surface area contributed by atoms with E-state index in [0.29, 0.717) is 32.9 Å². The van der Waals surface area contributed by atoms with E-state index in [9.17, 15) is 5.11 Å². The van der Waals surface area contributed by atoms with Crippen molar-refractivity contribution in [1.29, 1.82) is 0 Å². The minimum Gasteiger partial charge on any atom is -0.389 e. The van der Waals surface area contributed by atoms with Crippen LogP contribution >= 0.6 is 0 Å². The fraction of sp³-hybridized carbons (Fsp3) is 0.786. The topological polar surface area (TPSA) is 68.5 Å². The SMILES string of the molecule is CCCCOCCOCC(O)CNCc1ccnn1C. The maximum atomic E-state index is 9.74. The van der Waals surface area contributed by atoms with Crippen LogP contribution < -0.4 is 5.32 Å². The molecule has 0 spiro atoms. The van der Waals surface area contributed by atoms with Gasteiger partial charge in [0.15, 0.2) is 0 Å². The Bertz CT molecular complexity index is 344. The first-order chi connectivity index (χ1) is 9.74. The zero-order valence-electron chi connectivity index (χ0n) is 12.5. The fourth-order valence-corrected chi connectivity index (χ4v) is 1.69. The molecule has 0 amide bonds. The van der Waals surface area contributed by atoms with Crippen LogP contribution in [0.4, 0.5) is 0 Å². The van der Waals surface area contributed by atoms with E-state index in [2.05, 4.69) is 17.3 Å². The van der Waals surface area contributed by atoms with Crippen LogP contribution in [0, 0.1) is 0 Å². The van der Waals surface area contributed by atoms with Gasteiger partial charge in [-0.2, -0.15) is 5.10 Å². The van der Waals surface area contributed by atoms with Crippen LogP contribution in [0.1, 0.15) is 25.5 Å². The Balaban J connectivity index is 1.93. The first kappa shape index (κ1) is 17.1. The molecule has 0 aromatic carbocycles. The van der Waals surface area contributed by atoms with Gasteiger partial charge in [0.05, 0.1) is 31.6 Å². The second-order valence-electron chi connectivity index (χ2n) is 4.77. The molecular formula is C14H27N3O3. The highest BCUT2D eigenvalue weighted by Gasteiger charge is 2.04. The number of aryl methyl sites for hydroxylation is 1. The average molecular weight is 285 g/mol. The number of aliphatic hydroxyl groups excluding tert-OH is 1. The number of unbranched alkanes of at least 4 members (excludes halogenated alkanes) is 1. The number of nitrogens with one attached hydrogen (secondary N) is 1. The van der Waals surface area contributed by atoms with Crippen LogP contribution in [0.3, 0.4) is 0 Å². The maximum absolute atomic E-state index is 9.74. The lowest BCUT2D eigenvalue weighted by atomic mass is 10.3. The molecule has 1 aromatic heterocycles. The molecular weight excluding hydrogens is 258 g/mol. The summed E-state index contributed by atoms with van der Waals surface area (Å²) in [5.41, 5.74) is 1.09. The highest BCUT2D eigenvalue weighted by atomic mass is 16.5. The molecule has 20 heavy (non-hydrogen) atoms. The second kappa shape index (κ2) is 10.8. The highest BCUT2D eigenvalue weighted by Crippen LogP contribution is 1.95. The smallest absolute Gasteiger partial charge is 0.0897 e. The van der Waals surface area contributed by atoms with Gasteiger partial charge in [0, 0.05) is 32.9 Å². The van der Waals surface area contributed by atoms with Gasteiger partial charge in [-0.05, 0) is 12.5 Å². The standard InChI is InChI=1S/C14H27N3O3/c1-3-4-7-19-8-9-20-12-14(18)11-15-10-13-5-6-16-17(13)2/h5-6,14-15,18H,3-4,7-12H2,1-2H3. The molecule has 116 valence electrons. The van der Waals surface area contributed by atoms with Crippen molar-refractivity contribution in [2.24, 2.45) is 7.05 Å². The summed E-state index contributed by atoms with van der Waals surface area (Å²) in [4.78, 5) is 0. The Morgan fingerprint density at radius 1 is 1.35 bits per heavy atom. The van der Waals surface area contributed by atoms with Crippen molar-refractivity contribution < 1.29 is 14.6 Å². The van der Waals surface area contributed by atoms with E-state index in [4.69, 9.17) is 9.47 Å². The summed E-state index contributed by atoms with van der Waals surface area (Å²) in [5.74, 6) is 0. The number of aliphatic hydroxyl groups is 1. The molecule has 1 rings (SSSR count). The third-order valence-electron chi connectivity index (χ3n) is 2.93. The summed E-state index contributed by atoms with van der Waals surface area (Å²) in [7, 11) is 1.90. The largest absolute Gasteiger partial charge is 0.389 e. The molecule has 6 heteroatoms. The predicted octanol–water partition coefficient (Wildman–Crippen LogP) is 0.704. The molecule has 0 saturated heterocycles. The average Bonchev–Trinajstić information content (AvgIpc) is 2.83. The van der Waals surface area contributed by atoms with E-state index in [1.165, 1.54) is 0 Å². The summed E-state index contributed by atoms with van der Waals surface area (Å²) in [6.45, 7) is 5.56. The van der Waals surface area contributed by atoms with Gasteiger partial charge in [0.25, 0.3) is 0 Å². The number of hydrogen-bond acceptors (Lipinski definition) is 5. The Morgan fingerprint density at radius 2 is 2.15 bits per heavy atom. The summed E-state index contributed by atoms with van der Waals surface area (Å²) < 4.78 is 12.5. The number of ether oxygens (including phenoxy) is 2. The number of nitrogens with zero attached hydrogens (tertiary/aromatic N) is 2. The van der Waals surface area contributed by atoms with Crippen LogP contribution in [0.2, 0.25) is 0 Å². The third kappa shape index (κ3) is 7.59. The number of aromatic nitrogens is 2. The summed E-state index contributed by atoms with van der Waals surface area (Å²) in [5, 5.41) is 17.0. The molecule has 6 nitrogen and oxygen atoms in total. The molecule has 0 fully saturated rings. The van der Waals surface area contributed by atoms with Gasteiger partial charge < -0.3 is 19.9 Å². The van der Waals surface area contributed by atoms with Gasteiger partial charge in [-0.25, -0.2) is 0 Å². The van der Waals surface area contributed by atoms with E-state index in [1.807, 2.05) is 17.8 Å². The molecule has 2 N–H and O–H groups in total. The molecule has 0 aliphatic heterocycles. The van der Waals surface area contributed by atoms with Crippen molar-refractivity contribution in [3.8, 4) is 0 Å². The van der Waals surface area contributed by atoms with Crippen molar-refractivity contribution in [3.05, 3.63) is 18.0 Å². The van der Waals surface area contributed by atoms with E-state index in [1.54, 1.807) is 6.20 Å². The van der Waals surface area contributed by atoms with Gasteiger partial charge >= 0.3 is 0 Å². The highest BCUT2D eigenvalue weighted by molar-refractivity contribution is 4.99. The molecule has 1 heterocycles. The molecule has 0 aliphatic rings. The third-order valence-corrected chi connectivity index (χ3v) is 2.93. The number of rotatable bonds is 12. The minimum absolute atomic E-state index is 0.329. The van der Waals surface area contributed by atoms with Gasteiger partial charge in [-0.3, -0.25) is 4.68 Å². The Labute approximate surface area is 121 Å². The van der Waals surface area contributed by atoms with E-state index >= 15 is 0 Å². The zero-order valence-corrected chi connectivity index (χ0v) is 12.5. The van der Waals surface area contributed by atoms with Gasteiger partial charge in [0.1, 0.15) is 0 Å². The molecule has 0 aliphatic carbocycles. The monoisotopic (exact) mass is 285 g/mol. The van der Waals surface area contributed by atoms with Gasteiger partial charge in [-0.15, -0.1) is 0 Å². The molecule has 0 saturated carbocycles. The van der Waals surface area contributed by atoms with Gasteiger partial charge in [-0.1, -0.05) is 13.3 Å². The van der Waals surface area contributed by atoms with Crippen LogP contribution in [0.25, 0.3) is 0 Å². The van der Waals surface area contributed by atoms with E-state index < -0.39 is 6.10 Å². The Kier molecular flexibility index (Phi) is 9.23. The van der Waals surface area contributed by atoms with Crippen molar-refractivity contribution in [1.82, 2.24) is 15.1 Å². The van der Waals surface area contributed by atoms with E-state index in [-0.39, 0.29) is 0 Å². The van der Waals surface area contributed by atoms with Crippen molar-refractivity contribution >= 4 is 0 Å². The van der Waals surface area contributed by atoms with Crippen molar-refractivity contribution in [2.45, 2.75) is 32.4 Å². The van der Waals surface area contributed by atoms with Crippen molar-refractivity contribution in [3.63, 3.8) is 0 Å². The van der Waals surface area contributed by atoms with Gasteiger partial charge in [0.2, 0.25) is 0 Å². The van der Waals surface area contributed by atoms with Crippen LogP contribution in [-0.4, -0.2) is 54.0 Å². The van der Waals surface area contributed by atoms with Crippen LogP contribution in [0.15, 0.2) is 12.3 Å². The van der Waals surface area contributed by atoms with Crippen LogP contribution in [0.5, 0.6) is 0 Å². The summed E-state index contributed by atoms with van der Waals surface area (Å²) >= 11 is 0. The Morgan fingerprint density at radius 3 is 2.85 bits per heavy atom. The van der Waals surface area contributed by atoms with Crippen molar-refractivity contribution in [2.75, 3.05) is 33.0 Å². The summed E-state index contributed by atoms with van der Waals surface area (Å²) in [6, 6.07) is 1.95. The minimum atomic E-state index is -0.501. The quantitative estimate of drug-likeness (QED) is 0.553. The second-order valence-corrected chi connectivity index (χ2v) is 4.77. The predicted molar refractivity (Wildman–Crippen MR) is 77.5 cm³/mol. The summed E-state index contributed by atoms with van der Waals surface area (Å²) in [6.07, 6.45) is 3.48. The Hall–Kier alpha value is -0.950. The number of hydrogen-bond donors (Lipinski definition) is 2. The maximum Gasteiger partial charge on any atom is 0.0897 e. The first-order valence-corrected chi connectivity index (χ1v) is 7.25. The first-order valence-electron chi connectivity index (χ1n) is 7.25. The normalized spacial score (nSPS) is 12.8.